The molecule has 21 heavy (non-hydrogen) atoms. The fourth-order valence-electron chi connectivity index (χ4n) is 2.41. The molecule has 0 fully saturated rings. The molecule has 0 radical (unpaired) electrons. The summed E-state index contributed by atoms with van der Waals surface area (Å²) in [5, 5.41) is 3.43. The van der Waals surface area contributed by atoms with Crippen LogP contribution in [-0.4, -0.2) is 18.2 Å². The van der Waals surface area contributed by atoms with Gasteiger partial charge in [-0.3, -0.25) is 4.98 Å². The summed E-state index contributed by atoms with van der Waals surface area (Å²) in [4.78, 5) is 4.39. The number of rotatable bonds is 4. The van der Waals surface area contributed by atoms with Crippen molar-refractivity contribution in [2.24, 2.45) is 0 Å². The molecule has 2 aromatic rings. The van der Waals surface area contributed by atoms with Crippen LogP contribution in [0.25, 0.3) is 0 Å². The van der Waals surface area contributed by atoms with E-state index in [2.05, 4.69) is 29.4 Å². The molecule has 0 amide bonds. The van der Waals surface area contributed by atoms with Crippen molar-refractivity contribution in [1.82, 2.24) is 10.3 Å². The Labute approximate surface area is 125 Å². The highest BCUT2D eigenvalue weighted by atomic mass is 16.5. The Morgan fingerprint density at radius 2 is 2.00 bits per heavy atom. The van der Waals surface area contributed by atoms with Crippen LogP contribution >= 0.6 is 0 Å². The number of hydrogen-bond donors (Lipinski definition) is 1. The van der Waals surface area contributed by atoms with E-state index < -0.39 is 0 Å². The third-order valence-electron chi connectivity index (χ3n) is 3.58. The first-order chi connectivity index (χ1) is 10.3. The van der Waals surface area contributed by atoms with E-state index in [9.17, 15) is 0 Å². The number of nitrogens with one attached hydrogen (secondary N) is 1. The summed E-state index contributed by atoms with van der Waals surface area (Å²) in [5.74, 6) is 1.72. The Morgan fingerprint density at radius 3 is 2.90 bits per heavy atom. The van der Waals surface area contributed by atoms with Gasteiger partial charge in [0.05, 0.1) is 18.9 Å². The molecule has 0 atom stereocenters. The number of hydrogen-bond acceptors (Lipinski definition) is 4. The summed E-state index contributed by atoms with van der Waals surface area (Å²) in [5.41, 5.74) is 3.41. The lowest BCUT2D eigenvalue weighted by Crippen LogP contribution is -2.15. The zero-order valence-electron chi connectivity index (χ0n) is 12.3. The Bertz CT molecular complexity index is 613. The van der Waals surface area contributed by atoms with E-state index >= 15 is 0 Å². The Balaban J connectivity index is 1.67. The first-order valence-corrected chi connectivity index (χ1v) is 7.33. The van der Waals surface area contributed by atoms with E-state index in [1.165, 1.54) is 5.56 Å². The highest BCUT2D eigenvalue weighted by Crippen LogP contribution is 2.33. The molecule has 1 aliphatic heterocycles. The van der Waals surface area contributed by atoms with E-state index in [1.54, 1.807) is 0 Å². The molecule has 110 valence electrons. The number of aromatic nitrogens is 1. The molecule has 1 aromatic carbocycles. The van der Waals surface area contributed by atoms with Crippen molar-refractivity contribution in [3.05, 3.63) is 53.3 Å². The van der Waals surface area contributed by atoms with Gasteiger partial charge in [0, 0.05) is 31.3 Å². The SMILES string of the molecule is Cc1cccnc1CNCc1cccc2c1OCCCO2. The largest absolute Gasteiger partial charge is 0.490 e. The van der Waals surface area contributed by atoms with E-state index in [0.29, 0.717) is 6.61 Å². The number of nitrogens with zero attached hydrogens (tertiary/aromatic N) is 1. The average molecular weight is 284 g/mol. The van der Waals surface area contributed by atoms with Crippen LogP contribution < -0.4 is 14.8 Å². The molecule has 0 unspecified atom stereocenters. The maximum atomic E-state index is 5.83. The fraction of sp³-hybridized carbons (Fsp3) is 0.353. The molecular formula is C17H20N2O2. The quantitative estimate of drug-likeness (QED) is 0.937. The van der Waals surface area contributed by atoms with Gasteiger partial charge in [0.25, 0.3) is 0 Å². The topological polar surface area (TPSA) is 43.4 Å². The predicted molar refractivity (Wildman–Crippen MR) is 81.6 cm³/mol. The smallest absolute Gasteiger partial charge is 0.165 e. The maximum Gasteiger partial charge on any atom is 0.165 e. The lowest BCUT2D eigenvalue weighted by atomic mass is 10.1. The highest BCUT2D eigenvalue weighted by molar-refractivity contribution is 5.47. The molecule has 1 aliphatic rings. The van der Waals surface area contributed by atoms with Gasteiger partial charge in [0.1, 0.15) is 0 Å². The van der Waals surface area contributed by atoms with E-state index in [-0.39, 0.29) is 0 Å². The Hall–Kier alpha value is -2.07. The van der Waals surface area contributed by atoms with Gasteiger partial charge in [-0.1, -0.05) is 18.2 Å². The van der Waals surface area contributed by atoms with Crippen LogP contribution in [0.5, 0.6) is 11.5 Å². The summed E-state index contributed by atoms with van der Waals surface area (Å²) in [6, 6.07) is 10.1. The molecule has 2 heterocycles. The van der Waals surface area contributed by atoms with Crippen LogP contribution in [0, 0.1) is 6.92 Å². The second kappa shape index (κ2) is 6.59. The lowest BCUT2D eigenvalue weighted by Gasteiger charge is -2.13. The maximum absolute atomic E-state index is 5.83. The van der Waals surface area contributed by atoms with Crippen molar-refractivity contribution in [3.8, 4) is 11.5 Å². The molecule has 3 rings (SSSR count). The predicted octanol–water partition coefficient (Wildman–Crippen LogP) is 2.84. The standard InChI is InChI=1S/C17H20N2O2/c1-13-5-3-8-19-15(13)12-18-11-14-6-2-7-16-17(14)21-10-4-9-20-16/h2-3,5-8,18H,4,9-12H2,1H3. The summed E-state index contributed by atoms with van der Waals surface area (Å²) in [6.07, 6.45) is 2.75. The highest BCUT2D eigenvalue weighted by Gasteiger charge is 2.14. The molecule has 4 nitrogen and oxygen atoms in total. The van der Waals surface area contributed by atoms with Gasteiger partial charge in [0.2, 0.25) is 0 Å². The van der Waals surface area contributed by atoms with Crippen molar-refractivity contribution in [2.75, 3.05) is 13.2 Å². The minimum absolute atomic E-state index is 0.712. The first kappa shape index (κ1) is 13.9. The second-order valence-corrected chi connectivity index (χ2v) is 5.17. The number of pyridine rings is 1. The molecule has 1 aromatic heterocycles. The third kappa shape index (κ3) is 3.34. The van der Waals surface area contributed by atoms with Gasteiger partial charge in [-0.2, -0.15) is 0 Å². The van der Waals surface area contributed by atoms with Crippen molar-refractivity contribution in [1.29, 1.82) is 0 Å². The van der Waals surface area contributed by atoms with Crippen LogP contribution in [-0.2, 0) is 13.1 Å². The van der Waals surface area contributed by atoms with E-state index in [1.807, 2.05) is 24.4 Å². The van der Waals surface area contributed by atoms with Crippen LogP contribution in [0.2, 0.25) is 0 Å². The molecule has 0 saturated heterocycles. The van der Waals surface area contributed by atoms with Gasteiger partial charge in [-0.05, 0) is 24.6 Å². The number of ether oxygens (including phenoxy) is 2. The molecule has 0 bridgehead atoms. The fourth-order valence-corrected chi connectivity index (χ4v) is 2.41. The zero-order chi connectivity index (χ0) is 14.5. The van der Waals surface area contributed by atoms with Crippen molar-refractivity contribution in [3.63, 3.8) is 0 Å². The molecular weight excluding hydrogens is 264 g/mol. The van der Waals surface area contributed by atoms with Crippen LogP contribution in [0.15, 0.2) is 36.5 Å². The van der Waals surface area contributed by atoms with Gasteiger partial charge in [-0.15, -0.1) is 0 Å². The van der Waals surface area contributed by atoms with Gasteiger partial charge < -0.3 is 14.8 Å². The monoisotopic (exact) mass is 284 g/mol. The van der Waals surface area contributed by atoms with Gasteiger partial charge in [0.15, 0.2) is 11.5 Å². The lowest BCUT2D eigenvalue weighted by molar-refractivity contribution is 0.296. The number of aryl methyl sites for hydroxylation is 1. The Kier molecular flexibility index (Phi) is 4.36. The van der Waals surface area contributed by atoms with Gasteiger partial charge >= 0.3 is 0 Å². The average Bonchev–Trinajstić information content (AvgIpc) is 2.75. The van der Waals surface area contributed by atoms with Crippen LogP contribution in [0.1, 0.15) is 23.2 Å². The van der Waals surface area contributed by atoms with Crippen LogP contribution in [0.3, 0.4) is 0 Å². The Morgan fingerprint density at radius 1 is 1.10 bits per heavy atom. The molecule has 0 spiro atoms. The van der Waals surface area contributed by atoms with Gasteiger partial charge in [-0.25, -0.2) is 0 Å². The van der Waals surface area contributed by atoms with Crippen molar-refractivity contribution in [2.45, 2.75) is 26.4 Å². The minimum Gasteiger partial charge on any atom is -0.490 e. The van der Waals surface area contributed by atoms with Crippen LogP contribution in [0.4, 0.5) is 0 Å². The van der Waals surface area contributed by atoms with Crippen molar-refractivity contribution >= 4 is 0 Å². The molecule has 1 N–H and O–H groups in total. The van der Waals surface area contributed by atoms with Crippen molar-refractivity contribution < 1.29 is 9.47 Å². The summed E-state index contributed by atoms with van der Waals surface area (Å²) in [7, 11) is 0. The molecule has 0 saturated carbocycles. The number of para-hydroxylation sites is 1. The third-order valence-corrected chi connectivity index (χ3v) is 3.58. The number of fused-ring (bicyclic) bond motifs is 1. The second-order valence-electron chi connectivity index (χ2n) is 5.17. The first-order valence-electron chi connectivity index (χ1n) is 7.33. The zero-order valence-corrected chi connectivity index (χ0v) is 12.3. The van der Waals surface area contributed by atoms with E-state index in [0.717, 1.165) is 48.9 Å². The van der Waals surface area contributed by atoms with E-state index in [4.69, 9.17) is 9.47 Å². The summed E-state index contributed by atoms with van der Waals surface area (Å²) >= 11 is 0. The summed E-state index contributed by atoms with van der Waals surface area (Å²) < 4.78 is 11.5. The number of benzene rings is 1. The molecule has 0 aliphatic carbocycles. The summed E-state index contributed by atoms with van der Waals surface area (Å²) in [6.45, 7) is 5.00. The normalized spacial score (nSPS) is 13.8. The minimum atomic E-state index is 0.712. The molecule has 4 heteroatoms.